The summed E-state index contributed by atoms with van der Waals surface area (Å²) in [5, 5.41) is 9.37. The number of hydrogen-bond acceptors (Lipinski definition) is 3. The van der Waals surface area contributed by atoms with Crippen LogP contribution in [0.2, 0.25) is 0 Å². The lowest BCUT2D eigenvalue weighted by Crippen LogP contribution is -2.17. The van der Waals surface area contributed by atoms with E-state index in [0.29, 0.717) is 5.56 Å². The molecule has 0 spiro atoms. The quantitative estimate of drug-likeness (QED) is 0.699. The largest absolute Gasteiger partial charge is 0.573 e. The number of pyridine rings is 1. The number of carboxylic acid groups (broad SMARTS) is 1. The molecule has 3 aromatic rings. The van der Waals surface area contributed by atoms with Gasteiger partial charge in [0.1, 0.15) is 11.6 Å². The minimum Gasteiger partial charge on any atom is -0.478 e. The van der Waals surface area contributed by atoms with Crippen molar-refractivity contribution in [2.75, 3.05) is 0 Å². The molecule has 0 radical (unpaired) electrons. The first kappa shape index (κ1) is 16.7. The third-order valence-corrected chi connectivity index (χ3v) is 3.38. The molecule has 128 valence electrons. The Morgan fingerprint density at radius 1 is 1.04 bits per heavy atom. The Labute approximate surface area is 138 Å². The van der Waals surface area contributed by atoms with Gasteiger partial charge in [-0.05, 0) is 48.5 Å². The van der Waals surface area contributed by atoms with Crippen molar-refractivity contribution in [1.29, 1.82) is 0 Å². The first-order chi connectivity index (χ1) is 11.7. The molecule has 0 aliphatic rings. The van der Waals surface area contributed by atoms with Crippen molar-refractivity contribution < 1.29 is 32.2 Å². The van der Waals surface area contributed by atoms with E-state index < -0.39 is 23.9 Å². The summed E-state index contributed by atoms with van der Waals surface area (Å²) < 4.78 is 53.8. The highest BCUT2D eigenvalue weighted by molar-refractivity contribution is 6.04. The summed E-state index contributed by atoms with van der Waals surface area (Å²) in [6.07, 6.45) is -4.89. The molecule has 0 amide bonds. The average Bonchev–Trinajstić information content (AvgIpc) is 2.53. The van der Waals surface area contributed by atoms with Gasteiger partial charge in [0.25, 0.3) is 0 Å². The maximum absolute atomic E-state index is 13.0. The van der Waals surface area contributed by atoms with Crippen LogP contribution in [-0.2, 0) is 0 Å². The van der Waals surface area contributed by atoms with Crippen LogP contribution in [0.1, 0.15) is 10.4 Å². The van der Waals surface area contributed by atoms with E-state index in [1.807, 2.05) is 0 Å². The summed E-state index contributed by atoms with van der Waals surface area (Å²) in [4.78, 5) is 15.7. The summed E-state index contributed by atoms with van der Waals surface area (Å²) in [6.45, 7) is 0. The molecule has 1 aromatic heterocycles. The minimum atomic E-state index is -4.89. The van der Waals surface area contributed by atoms with Gasteiger partial charge in [-0.25, -0.2) is 14.2 Å². The van der Waals surface area contributed by atoms with Crippen molar-refractivity contribution in [3.63, 3.8) is 0 Å². The van der Waals surface area contributed by atoms with E-state index in [-0.39, 0.29) is 22.2 Å². The lowest BCUT2D eigenvalue weighted by molar-refractivity contribution is -0.274. The SMILES string of the molecule is O=C(O)c1cc(-c2ccc(F)cc2)nc2ccc(OC(F)(F)F)cc12. The molecule has 1 heterocycles. The number of carboxylic acids is 1. The van der Waals surface area contributed by atoms with E-state index in [1.54, 1.807) is 0 Å². The van der Waals surface area contributed by atoms with E-state index in [4.69, 9.17) is 0 Å². The van der Waals surface area contributed by atoms with Gasteiger partial charge in [-0.3, -0.25) is 0 Å². The highest BCUT2D eigenvalue weighted by Gasteiger charge is 2.31. The molecule has 0 unspecified atom stereocenters. The molecule has 0 aliphatic carbocycles. The molecule has 0 atom stereocenters. The summed E-state index contributed by atoms with van der Waals surface area (Å²) in [7, 11) is 0. The lowest BCUT2D eigenvalue weighted by Gasteiger charge is -2.11. The third-order valence-electron chi connectivity index (χ3n) is 3.38. The molecular weight excluding hydrogens is 342 g/mol. The number of carbonyl (C=O) groups is 1. The van der Waals surface area contributed by atoms with E-state index in [9.17, 15) is 27.5 Å². The van der Waals surface area contributed by atoms with Gasteiger partial charge in [0.15, 0.2) is 0 Å². The molecule has 1 N–H and O–H groups in total. The van der Waals surface area contributed by atoms with Gasteiger partial charge in [0.2, 0.25) is 0 Å². The number of benzene rings is 2. The number of ether oxygens (including phenoxy) is 1. The molecule has 25 heavy (non-hydrogen) atoms. The van der Waals surface area contributed by atoms with E-state index in [1.165, 1.54) is 36.4 Å². The molecule has 0 bridgehead atoms. The van der Waals surface area contributed by atoms with Gasteiger partial charge >= 0.3 is 12.3 Å². The van der Waals surface area contributed by atoms with Crippen molar-refractivity contribution in [2.45, 2.75) is 6.36 Å². The third kappa shape index (κ3) is 3.68. The Balaban J connectivity index is 2.16. The Hall–Kier alpha value is -3.16. The van der Waals surface area contributed by atoms with Crippen LogP contribution in [0.25, 0.3) is 22.2 Å². The van der Waals surface area contributed by atoms with Crippen LogP contribution in [-0.4, -0.2) is 22.4 Å². The lowest BCUT2D eigenvalue weighted by atomic mass is 10.0. The standard InChI is InChI=1S/C17H9F4NO3/c18-10-3-1-9(2-4-10)15-8-13(16(23)24)12-7-11(25-17(19,20)21)5-6-14(12)22-15/h1-8H,(H,23,24). The van der Waals surface area contributed by atoms with Crippen molar-refractivity contribution in [2.24, 2.45) is 0 Å². The maximum atomic E-state index is 13.0. The molecule has 4 nitrogen and oxygen atoms in total. The van der Waals surface area contributed by atoms with Crippen LogP contribution in [0, 0.1) is 5.82 Å². The van der Waals surface area contributed by atoms with Gasteiger partial charge in [0, 0.05) is 10.9 Å². The minimum absolute atomic E-state index is 0.000103. The predicted molar refractivity (Wildman–Crippen MR) is 80.8 cm³/mol. The van der Waals surface area contributed by atoms with Crippen LogP contribution in [0.4, 0.5) is 17.6 Å². The zero-order chi connectivity index (χ0) is 18.2. The smallest absolute Gasteiger partial charge is 0.478 e. The fourth-order valence-electron chi connectivity index (χ4n) is 2.35. The molecule has 0 saturated carbocycles. The first-order valence-corrected chi connectivity index (χ1v) is 6.93. The number of aromatic carboxylic acids is 1. The maximum Gasteiger partial charge on any atom is 0.573 e. The second-order valence-electron chi connectivity index (χ2n) is 5.09. The number of alkyl halides is 3. The number of halogens is 4. The van der Waals surface area contributed by atoms with Crippen molar-refractivity contribution in [1.82, 2.24) is 4.98 Å². The van der Waals surface area contributed by atoms with Crippen LogP contribution < -0.4 is 4.74 Å². The van der Waals surface area contributed by atoms with Crippen molar-refractivity contribution >= 4 is 16.9 Å². The van der Waals surface area contributed by atoms with Gasteiger partial charge in [-0.2, -0.15) is 0 Å². The van der Waals surface area contributed by atoms with Crippen LogP contribution in [0.3, 0.4) is 0 Å². The molecule has 2 aromatic carbocycles. The predicted octanol–water partition coefficient (Wildman–Crippen LogP) is 4.64. The van der Waals surface area contributed by atoms with Crippen LogP contribution in [0.15, 0.2) is 48.5 Å². The second kappa shape index (κ2) is 6.04. The number of nitrogens with zero attached hydrogens (tertiary/aromatic N) is 1. The zero-order valence-corrected chi connectivity index (χ0v) is 12.3. The molecule has 0 fully saturated rings. The summed E-state index contributed by atoms with van der Waals surface area (Å²) in [5.74, 6) is -2.34. The van der Waals surface area contributed by atoms with Crippen molar-refractivity contribution in [3.8, 4) is 17.0 Å². The molecule has 0 saturated heterocycles. The molecule has 8 heteroatoms. The zero-order valence-electron chi connectivity index (χ0n) is 12.3. The second-order valence-corrected chi connectivity index (χ2v) is 5.09. The van der Waals surface area contributed by atoms with E-state index in [2.05, 4.69) is 9.72 Å². The topological polar surface area (TPSA) is 59.4 Å². The number of fused-ring (bicyclic) bond motifs is 1. The molecular formula is C17H9F4NO3. The fraction of sp³-hybridized carbons (Fsp3) is 0.0588. The fourth-order valence-corrected chi connectivity index (χ4v) is 2.35. The Morgan fingerprint density at radius 2 is 1.72 bits per heavy atom. The average molecular weight is 351 g/mol. The monoisotopic (exact) mass is 351 g/mol. The highest BCUT2D eigenvalue weighted by Crippen LogP contribution is 2.30. The summed E-state index contributed by atoms with van der Waals surface area (Å²) in [6, 6.07) is 9.71. The summed E-state index contributed by atoms with van der Waals surface area (Å²) >= 11 is 0. The highest BCUT2D eigenvalue weighted by atomic mass is 19.4. The van der Waals surface area contributed by atoms with Gasteiger partial charge in [0.05, 0.1) is 16.8 Å². The van der Waals surface area contributed by atoms with Crippen LogP contribution >= 0.6 is 0 Å². The Kier molecular flexibility index (Phi) is 4.03. The number of rotatable bonds is 3. The normalized spacial score (nSPS) is 11.5. The van der Waals surface area contributed by atoms with Gasteiger partial charge < -0.3 is 9.84 Å². The first-order valence-electron chi connectivity index (χ1n) is 6.93. The molecule has 3 rings (SSSR count). The van der Waals surface area contributed by atoms with Gasteiger partial charge in [-0.1, -0.05) is 0 Å². The van der Waals surface area contributed by atoms with Gasteiger partial charge in [-0.15, -0.1) is 13.2 Å². The summed E-state index contributed by atoms with van der Waals surface area (Å²) in [5.41, 5.74) is 0.668. The van der Waals surface area contributed by atoms with E-state index in [0.717, 1.165) is 12.1 Å². The Morgan fingerprint density at radius 3 is 2.32 bits per heavy atom. The van der Waals surface area contributed by atoms with Crippen molar-refractivity contribution in [3.05, 3.63) is 59.9 Å². The molecule has 0 aliphatic heterocycles. The van der Waals surface area contributed by atoms with E-state index >= 15 is 0 Å². The number of hydrogen-bond donors (Lipinski definition) is 1. The van der Waals surface area contributed by atoms with Crippen LogP contribution in [0.5, 0.6) is 5.75 Å². The Bertz CT molecular complexity index is 953. The number of aromatic nitrogens is 1.